The van der Waals surface area contributed by atoms with Crippen molar-refractivity contribution in [1.29, 1.82) is 0 Å². The summed E-state index contributed by atoms with van der Waals surface area (Å²) in [5.74, 6) is 0. The van der Waals surface area contributed by atoms with E-state index in [4.69, 9.17) is 5.73 Å². The second kappa shape index (κ2) is 3.98. The molecule has 0 saturated carbocycles. The summed E-state index contributed by atoms with van der Waals surface area (Å²) in [6, 6.07) is 2.34. The molecule has 2 aromatic rings. The van der Waals surface area contributed by atoms with Gasteiger partial charge in [0.1, 0.15) is 0 Å². The van der Waals surface area contributed by atoms with Crippen molar-refractivity contribution in [2.24, 2.45) is 5.73 Å². The monoisotopic (exact) mass is 297 g/mol. The van der Waals surface area contributed by atoms with Crippen LogP contribution < -0.4 is 5.73 Å². The molecule has 0 bridgehead atoms. The van der Waals surface area contributed by atoms with Crippen molar-refractivity contribution in [3.63, 3.8) is 0 Å². The Balaban J connectivity index is 2.09. The van der Waals surface area contributed by atoms with Crippen LogP contribution in [-0.4, -0.2) is 9.55 Å². The van der Waals surface area contributed by atoms with Crippen LogP contribution in [-0.2, 0) is 6.42 Å². The first-order valence-corrected chi connectivity index (χ1v) is 6.94. The quantitative estimate of drug-likeness (QED) is 0.879. The molecule has 2 heterocycles. The molecule has 0 aromatic carbocycles. The van der Waals surface area contributed by atoms with E-state index in [9.17, 15) is 0 Å². The summed E-state index contributed by atoms with van der Waals surface area (Å²) in [6.45, 7) is 0. The molecule has 0 radical (unpaired) electrons. The van der Waals surface area contributed by atoms with Crippen molar-refractivity contribution in [3.05, 3.63) is 33.5 Å². The van der Waals surface area contributed by atoms with Gasteiger partial charge in [-0.2, -0.15) is 0 Å². The van der Waals surface area contributed by atoms with Crippen LogP contribution in [0.2, 0.25) is 0 Å². The molecule has 0 amide bonds. The lowest BCUT2D eigenvalue weighted by molar-refractivity contribution is 0.560. The fraction of sp³-hybridized carbons (Fsp3) is 0.364. The SMILES string of the molecule is NC1CCCc2c1ccn2-c1ncc(Br)s1. The summed E-state index contributed by atoms with van der Waals surface area (Å²) < 4.78 is 3.23. The molecular weight excluding hydrogens is 286 g/mol. The molecule has 2 N–H and O–H groups in total. The molecule has 0 fully saturated rings. The van der Waals surface area contributed by atoms with Gasteiger partial charge in [-0.25, -0.2) is 4.98 Å². The lowest BCUT2D eigenvalue weighted by Crippen LogP contribution is -2.17. The number of nitrogens with two attached hydrogens (primary N) is 1. The van der Waals surface area contributed by atoms with Gasteiger partial charge in [-0.05, 0) is 46.8 Å². The molecule has 84 valence electrons. The summed E-state index contributed by atoms with van der Waals surface area (Å²) >= 11 is 5.09. The van der Waals surface area contributed by atoms with Gasteiger partial charge in [-0.3, -0.25) is 4.57 Å². The average Bonchev–Trinajstić information content (AvgIpc) is 2.84. The maximum Gasteiger partial charge on any atom is 0.194 e. The maximum atomic E-state index is 6.10. The topological polar surface area (TPSA) is 43.8 Å². The summed E-state index contributed by atoms with van der Waals surface area (Å²) in [5.41, 5.74) is 8.73. The first-order valence-electron chi connectivity index (χ1n) is 5.33. The second-order valence-corrected chi connectivity index (χ2v) is 6.42. The van der Waals surface area contributed by atoms with Gasteiger partial charge >= 0.3 is 0 Å². The molecule has 0 spiro atoms. The Morgan fingerprint density at radius 1 is 1.56 bits per heavy atom. The molecule has 1 unspecified atom stereocenters. The molecule has 0 aliphatic heterocycles. The van der Waals surface area contributed by atoms with Crippen molar-refractivity contribution >= 4 is 27.3 Å². The predicted molar refractivity (Wildman–Crippen MR) is 69.0 cm³/mol. The van der Waals surface area contributed by atoms with Crippen LogP contribution in [0, 0.1) is 0 Å². The standard InChI is InChI=1S/C11H12BrN3S/c12-10-6-14-11(16-10)15-5-4-7-8(13)2-1-3-9(7)15/h4-6,8H,1-3,13H2. The highest BCUT2D eigenvalue weighted by atomic mass is 79.9. The van der Waals surface area contributed by atoms with E-state index in [1.54, 1.807) is 11.3 Å². The van der Waals surface area contributed by atoms with Crippen molar-refractivity contribution in [1.82, 2.24) is 9.55 Å². The Kier molecular flexibility index (Phi) is 2.61. The Morgan fingerprint density at radius 3 is 3.19 bits per heavy atom. The van der Waals surface area contributed by atoms with Gasteiger partial charge in [-0.15, -0.1) is 0 Å². The van der Waals surface area contributed by atoms with E-state index in [2.05, 4.69) is 37.7 Å². The lowest BCUT2D eigenvalue weighted by Gasteiger charge is -2.20. The molecule has 2 aromatic heterocycles. The van der Waals surface area contributed by atoms with Crippen molar-refractivity contribution < 1.29 is 0 Å². The third-order valence-corrected chi connectivity index (χ3v) is 4.50. The molecule has 1 atom stereocenters. The molecular formula is C11H12BrN3S. The largest absolute Gasteiger partial charge is 0.324 e. The number of halogens is 1. The molecule has 1 aliphatic carbocycles. The molecule has 16 heavy (non-hydrogen) atoms. The number of nitrogens with zero attached hydrogens (tertiary/aromatic N) is 2. The van der Waals surface area contributed by atoms with E-state index in [1.807, 2.05) is 6.20 Å². The van der Waals surface area contributed by atoms with Crippen LogP contribution in [0.5, 0.6) is 0 Å². The van der Waals surface area contributed by atoms with E-state index in [0.29, 0.717) is 0 Å². The summed E-state index contributed by atoms with van der Waals surface area (Å²) in [7, 11) is 0. The summed E-state index contributed by atoms with van der Waals surface area (Å²) in [6.07, 6.45) is 7.30. The van der Waals surface area contributed by atoms with Crippen LogP contribution in [0.15, 0.2) is 22.2 Å². The number of rotatable bonds is 1. The molecule has 3 rings (SSSR count). The number of hydrogen-bond acceptors (Lipinski definition) is 3. The van der Waals surface area contributed by atoms with E-state index in [-0.39, 0.29) is 6.04 Å². The molecule has 0 saturated heterocycles. The minimum absolute atomic E-state index is 0.202. The van der Waals surface area contributed by atoms with Gasteiger partial charge in [-0.1, -0.05) is 11.3 Å². The van der Waals surface area contributed by atoms with Crippen LogP contribution >= 0.6 is 27.3 Å². The van der Waals surface area contributed by atoms with Crippen LogP contribution in [0.1, 0.15) is 30.1 Å². The fourth-order valence-electron chi connectivity index (χ4n) is 2.26. The fourth-order valence-corrected chi connectivity index (χ4v) is 3.46. The van der Waals surface area contributed by atoms with Gasteiger partial charge in [0.15, 0.2) is 5.13 Å². The maximum absolute atomic E-state index is 6.10. The summed E-state index contributed by atoms with van der Waals surface area (Å²) in [5, 5.41) is 1.02. The molecule has 1 aliphatic rings. The second-order valence-electron chi connectivity index (χ2n) is 4.03. The van der Waals surface area contributed by atoms with Gasteiger partial charge in [0.25, 0.3) is 0 Å². The number of aromatic nitrogens is 2. The van der Waals surface area contributed by atoms with Crippen molar-refractivity contribution in [2.45, 2.75) is 25.3 Å². The minimum atomic E-state index is 0.202. The minimum Gasteiger partial charge on any atom is -0.324 e. The highest BCUT2D eigenvalue weighted by Crippen LogP contribution is 2.32. The highest BCUT2D eigenvalue weighted by molar-refractivity contribution is 9.11. The lowest BCUT2D eigenvalue weighted by atomic mass is 9.94. The smallest absolute Gasteiger partial charge is 0.194 e. The number of fused-ring (bicyclic) bond motifs is 1. The normalized spacial score (nSPS) is 19.8. The Hall–Kier alpha value is -0.650. The predicted octanol–water partition coefficient (Wildman–Crippen LogP) is 3.03. The van der Waals surface area contributed by atoms with E-state index in [0.717, 1.165) is 21.8 Å². The highest BCUT2D eigenvalue weighted by Gasteiger charge is 2.21. The Labute approximate surface area is 106 Å². The van der Waals surface area contributed by atoms with E-state index < -0.39 is 0 Å². The zero-order chi connectivity index (χ0) is 11.1. The first-order chi connectivity index (χ1) is 7.75. The van der Waals surface area contributed by atoms with Crippen LogP contribution in [0.25, 0.3) is 5.13 Å². The van der Waals surface area contributed by atoms with Gasteiger partial charge in [0, 0.05) is 17.9 Å². The van der Waals surface area contributed by atoms with Crippen LogP contribution in [0.4, 0.5) is 0 Å². The van der Waals surface area contributed by atoms with Gasteiger partial charge in [0.2, 0.25) is 0 Å². The van der Waals surface area contributed by atoms with E-state index >= 15 is 0 Å². The van der Waals surface area contributed by atoms with Gasteiger partial charge in [0.05, 0.1) is 9.98 Å². The van der Waals surface area contributed by atoms with Crippen LogP contribution in [0.3, 0.4) is 0 Å². The first kappa shape index (κ1) is 10.5. The Morgan fingerprint density at radius 2 is 2.44 bits per heavy atom. The molecule has 3 nitrogen and oxygen atoms in total. The Bertz CT molecular complexity index is 517. The van der Waals surface area contributed by atoms with Crippen molar-refractivity contribution in [2.75, 3.05) is 0 Å². The third kappa shape index (κ3) is 1.63. The number of thiazole rings is 1. The van der Waals surface area contributed by atoms with E-state index in [1.165, 1.54) is 17.7 Å². The zero-order valence-electron chi connectivity index (χ0n) is 8.69. The zero-order valence-corrected chi connectivity index (χ0v) is 11.1. The molecule has 5 heteroatoms. The summed E-state index contributed by atoms with van der Waals surface area (Å²) in [4.78, 5) is 4.39. The van der Waals surface area contributed by atoms with Gasteiger partial charge < -0.3 is 5.73 Å². The average molecular weight is 298 g/mol. The van der Waals surface area contributed by atoms with Crippen molar-refractivity contribution in [3.8, 4) is 5.13 Å². The number of hydrogen-bond donors (Lipinski definition) is 1. The third-order valence-electron chi connectivity index (χ3n) is 3.03.